The van der Waals surface area contributed by atoms with Crippen molar-refractivity contribution in [3.8, 4) is 11.3 Å². The highest BCUT2D eigenvalue weighted by Crippen LogP contribution is 2.22. The van der Waals surface area contributed by atoms with Crippen LogP contribution in [0.3, 0.4) is 0 Å². The monoisotopic (exact) mass is 279 g/mol. The van der Waals surface area contributed by atoms with Crippen molar-refractivity contribution >= 4 is 17.7 Å². The van der Waals surface area contributed by atoms with Crippen molar-refractivity contribution in [1.29, 1.82) is 0 Å². The van der Waals surface area contributed by atoms with Crippen molar-refractivity contribution in [3.63, 3.8) is 0 Å². The van der Waals surface area contributed by atoms with Gasteiger partial charge in [0.25, 0.3) is 0 Å². The Balaban J connectivity index is 2.31. The first-order chi connectivity index (χ1) is 10.2. The van der Waals surface area contributed by atoms with E-state index in [0.717, 1.165) is 11.3 Å². The number of pyridine rings is 1. The molecule has 3 rings (SSSR count). The number of hydrogen-bond donors (Lipinski definition) is 0. The molecule has 21 heavy (non-hydrogen) atoms. The average Bonchev–Trinajstić information content (AvgIpc) is 2.98. The molecular weight excluding hydrogens is 266 g/mol. The molecule has 0 N–H and O–H groups in total. The van der Waals surface area contributed by atoms with Gasteiger partial charge in [-0.15, -0.1) is 5.10 Å². The fourth-order valence-corrected chi connectivity index (χ4v) is 2.16. The number of methoxy groups -OCH3 is 1. The van der Waals surface area contributed by atoms with E-state index in [-0.39, 0.29) is 0 Å². The highest BCUT2D eigenvalue weighted by Gasteiger charge is 2.17. The van der Waals surface area contributed by atoms with Gasteiger partial charge in [0.2, 0.25) is 0 Å². The molecular formula is C16H13N3O2. The van der Waals surface area contributed by atoms with Gasteiger partial charge < -0.3 is 4.74 Å². The predicted octanol–water partition coefficient (Wildman–Crippen LogP) is 2.83. The summed E-state index contributed by atoms with van der Waals surface area (Å²) in [4.78, 5) is 16.2. The van der Waals surface area contributed by atoms with Crippen LogP contribution in [0.1, 0.15) is 16.2 Å². The molecule has 0 unspecified atom stereocenters. The summed E-state index contributed by atoms with van der Waals surface area (Å²) >= 11 is 0. The zero-order chi connectivity index (χ0) is 14.8. The third kappa shape index (κ3) is 2.18. The molecule has 2 aromatic heterocycles. The van der Waals surface area contributed by atoms with Gasteiger partial charge in [0.05, 0.1) is 12.8 Å². The van der Waals surface area contributed by atoms with Crippen molar-refractivity contribution in [2.75, 3.05) is 7.11 Å². The van der Waals surface area contributed by atoms with E-state index in [9.17, 15) is 4.79 Å². The second-order valence-corrected chi connectivity index (χ2v) is 4.40. The summed E-state index contributed by atoms with van der Waals surface area (Å²) in [6.07, 6.45) is 1.54. The maximum atomic E-state index is 11.8. The molecule has 2 heterocycles. The molecule has 0 bridgehead atoms. The Morgan fingerprint density at radius 1 is 1.24 bits per heavy atom. The van der Waals surface area contributed by atoms with Gasteiger partial charge in [-0.3, -0.25) is 0 Å². The number of carbonyl (C=O) groups is 1. The van der Waals surface area contributed by atoms with Gasteiger partial charge in [0.1, 0.15) is 5.56 Å². The lowest BCUT2D eigenvalue weighted by atomic mass is 10.1. The number of aromatic nitrogens is 3. The Morgan fingerprint density at radius 2 is 2.00 bits per heavy atom. The summed E-state index contributed by atoms with van der Waals surface area (Å²) in [6, 6.07) is 13.3. The number of benzene rings is 1. The maximum Gasteiger partial charge on any atom is 0.341 e. The van der Waals surface area contributed by atoms with E-state index in [2.05, 4.69) is 16.7 Å². The lowest BCUT2D eigenvalue weighted by molar-refractivity contribution is 0.0602. The summed E-state index contributed by atoms with van der Waals surface area (Å²) in [5.74, 6) is 0.0196. The number of nitrogens with zero attached hydrogens (tertiary/aromatic N) is 3. The van der Waals surface area contributed by atoms with Crippen LogP contribution in [0.2, 0.25) is 0 Å². The summed E-state index contributed by atoms with van der Waals surface area (Å²) in [6.45, 7) is 3.67. The second kappa shape index (κ2) is 5.20. The molecule has 3 aromatic rings. The molecule has 0 radical (unpaired) electrons. The van der Waals surface area contributed by atoms with E-state index in [1.54, 1.807) is 16.7 Å². The molecule has 1 aromatic carbocycles. The largest absolute Gasteiger partial charge is 0.465 e. The van der Waals surface area contributed by atoms with E-state index < -0.39 is 5.97 Å². The van der Waals surface area contributed by atoms with Gasteiger partial charge >= 0.3 is 5.97 Å². The Kier molecular flexibility index (Phi) is 3.23. The summed E-state index contributed by atoms with van der Waals surface area (Å²) in [7, 11) is 1.34. The molecule has 5 nitrogen and oxygen atoms in total. The minimum Gasteiger partial charge on any atom is -0.465 e. The third-order valence-electron chi connectivity index (χ3n) is 3.16. The number of rotatable bonds is 3. The van der Waals surface area contributed by atoms with Crippen LogP contribution >= 0.6 is 0 Å². The number of fused-ring (bicyclic) bond motifs is 1. The van der Waals surface area contributed by atoms with E-state index >= 15 is 0 Å². The molecule has 0 aliphatic carbocycles. The number of hydrogen-bond acceptors (Lipinski definition) is 4. The molecule has 104 valence electrons. The number of esters is 1. The first-order valence-electron chi connectivity index (χ1n) is 6.40. The quantitative estimate of drug-likeness (QED) is 0.692. The van der Waals surface area contributed by atoms with Crippen molar-refractivity contribution in [2.45, 2.75) is 0 Å². The van der Waals surface area contributed by atoms with Crippen LogP contribution in [0.5, 0.6) is 0 Å². The first kappa shape index (κ1) is 13.1. The van der Waals surface area contributed by atoms with Crippen LogP contribution in [-0.4, -0.2) is 27.7 Å². The van der Waals surface area contributed by atoms with Crippen LogP contribution in [0.15, 0.2) is 49.0 Å². The van der Waals surface area contributed by atoms with Crippen molar-refractivity contribution in [2.24, 2.45) is 0 Å². The standard InChI is InChI=1S/C16H13N3O2/c1-3-14-17-15-12(16(20)21-2)9-10-13(19(15)18-14)11-7-5-4-6-8-11/h3-10H,1H2,2H3. The Morgan fingerprint density at radius 3 is 2.67 bits per heavy atom. The molecule has 0 fully saturated rings. The smallest absolute Gasteiger partial charge is 0.341 e. The molecule has 0 aliphatic heterocycles. The summed E-state index contributed by atoms with van der Waals surface area (Å²) < 4.78 is 6.42. The lowest BCUT2D eigenvalue weighted by Crippen LogP contribution is -2.06. The van der Waals surface area contributed by atoms with Crippen LogP contribution < -0.4 is 0 Å². The molecule has 0 aliphatic rings. The molecule has 0 atom stereocenters. The fourth-order valence-electron chi connectivity index (χ4n) is 2.16. The molecule has 0 spiro atoms. The normalized spacial score (nSPS) is 10.5. The lowest BCUT2D eigenvalue weighted by Gasteiger charge is -2.07. The van der Waals surface area contributed by atoms with Gasteiger partial charge in [-0.05, 0) is 18.2 Å². The van der Waals surface area contributed by atoms with Crippen LogP contribution in [-0.2, 0) is 4.74 Å². The summed E-state index contributed by atoms with van der Waals surface area (Å²) in [5, 5.41) is 4.36. The van der Waals surface area contributed by atoms with Gasteiger partial charge in [-0.1, -0.05) is 36.9 Å². The molecule has 0 saturated heterocycles. The second-order valence-electron chi connectivity index (χ2n) is 4.40. The van der Waals surface area contributed by atoms with Gasteiger partial charge in [-0.25, -0.2) is 14.3 Å². The van der Waals surface area contributed by atoms with Crippen LogP contribution in [0.25, 0.3) is 23.0 Å². The average molecular weight is 279 g/mol. The minimum absolute atomic E-state index is 0.373. The Labute approximate surface area is 121 Å². The van der Waals surface area contributed by atoms with Gasteiger partial charge in [-0.2, -0.15) is 0 Å². The minimum atomic E-state index is -0.442. The molecule has 0 amide bonds. The zero-order valence-corrected chi connectivity index (χ0v) is 11.5. The fraction of sp³-hybridized carbons (Fsp3) is 0.0625. The van der Waals surface area contributed by atoms with E-state index in [4.69, 9.17) is 4.74 Å². The van der Waals surface area contributed by atoms with E-state index in [0.29, 0.717) is 17.0 Å². The zero-order valence-electron chi connectivity index (χ0n) is 11.5. The van der Waals surface area contributed by atoms with Crippen molar-refractivity contribution < 1.29 is 9.53 Å². The molecule has 5 heteroatoms. The predicted molar refractivity (Wildman–Crippen MR) is 79.9 cm³/mol. The van der Waals surface area contributed by atoms with Crippen molar-refractivity contribution in [3.05, 3.63) is 60.4 Å². The highest BCUT2D eigenvalue weighted by atomic mass is 16.5. The topological polar surface area (TPSA) is 56.5 Å². The number of carbonyl (C=O) groups excluding carboxylic acids is 1. The Bertz CT molecular complexity index is 822. The summed E-state index contributed by atoms with van der Waals surface area (Å²) in [5.41, 5.74) is 2.66. The van der Waals surface area contributed by atoms with Crippen molar-refractivity contribution in [1.82, 2.24) is 14.6 Å². The Hall–Kier alpha value is -2.95. The van der Waals surface area contributed by atoms with Crippen LogP contribution in [0, 0.1) is 0 Å². The van der Waals surface area contributed by atoms with E-state index in [1.807, 2.05) is 36.4 Å². The first-order valence-corrected chi connectivity index (χ1v) is 6.40. The SMILES string of the molecule is C=Cc1nc2c(C(=O)OC)ccc(-c3ccccc3)n2n1. The maximum absolute atomic E-state index is 11.8. The van der Waals surface area contributed by atoms with Gasteiger partial charge in [0, 0.05) is 5.56 Å². The molecule has 0 saturated carbocycles. The van der Waals surface area contributed by atoms with E-state index in [1.165, 1.54) is 7.11 Å². The highest BCUT2D eigenvalue weighted by molar-refractivity contribution is 5.96. The number of ether oxygens (including phenoxy) is 1. The van der Waals surface area contributed by atoms with Crippen LogP contribution in [0.4, 0.5) is 0 Å². The third-order valence-corrected chi connectivity index (χ3v) is 3.16. The van der Waals surface area contributed by atoms with Gasteiger partial charge in [0.15, 0.2) is 11.5 Å².